The van der Waals surface area contributed by atoms with Gasteiger partial charge in [-0.15, -0.1) is 11.3 Å². The minimum atomic E-state index is 0.351. The summed E-state index contributed by atoms with van der Waals surface area (Å²) >= 11 is 5.31. The van der Waals surface area contributed by atoms with Crippen LogP contribution in [-0.4, -0.2) is 50.8 Å². The third kappa shape index (κ3) is 4.67. The molecule has 2 heterocycles. The number of hydrogen-bond acceptors (Lipinski definition) is 4. The van der Waals surface area contributed by atoms with Crippen LogP contribution in [0, 0.1) is 0 Å². The van der Waals surface area contributed by atoms with Crippen LogP contribution in [0.15, 0.2) is 15.9 Å². The Hall–Kier alpha value is 0.0600. The van der Waals surface area contributed by atoms with Crippen molar-refractivity contribution in [3.8, 4) is 0 Å². The van der Waals surface area contributed by atoms with E-state index in [4.69, 9.17) is 4.74 Å². The van der Waals surface area contributed by atoms with Crippen molar-refractivity contribution in [2.45, 2.75) is 12.5 Å². The van der Waals surface area contributed by atoms with E-state index in [0.717, 1.165) is 39.2 Å². The quantitative estimate of drug-likeness (QED) is 0.898. The van der Waals surface area contributed by atoms with E-state index in [1.165, 1.54) is 9.35 Å². The molecule has 1 saturated heterocycles. The van der Waals surface area contributed by atoms with E-state index in [2.05, 4.69) is 44.6 Å². The van der Waals surface area contributed by atoms with Gasteiger partial charge in [-0.25, -0.2) is 0 Å². The third-order valence-electron chi connectivity index (χ3n) is 2.88. The Labute approximate surface area is 115 Å². The van der Waals surface area contributed by atoms with Crippen molar-refractivity contribution in [3.05, 3.63) is 20.8 Å². The second kappa shape index (κ2) is 6.85. The van der Waals surface area contributed by atoms with Crippen LogP contribution in [0.2, 0.25) is 0 Å². The van der Waals surface area contributed by atoms with Crippen molar-refractivity contribution >= 4 is 27.3 Å². The number of nitrogens with one attached hydrogen (secondary N) is 1. The van der Waals surface area contributed by atoms with Crippen LogP contribution in [0.5, 0.6) is 0 Å². The summed E-state index contributed by atoms with van der Waals surface area (Å²) in [4.78, 5) is 3.79. The SMILES string of the molecule is CN(CCc1cc(Br)cs1)CC1CNCCO1. The van der Waals surface area contributed by atoms with Crippen molar-refractivity contribution in [3.63, 3.8) is 0 Å². The van der Waals surface area contributed by atoms with Crippen LogP contribution < -0.4 is 5.32 Å². The first-order chi connectivity index (χ1) is 8.24. The highest BCUT2D eigenvalue weighted by Crippen LogP contribution is 2.20. The molecule has 96 valence electrons. The fourth-order valence-corrected chi connectivity index (χ4v) is 3.41. The Kier molecular flexibility index (Phi) is 5.44. The van der Waals surface area contributed by atoms with Crippen LogP contribution in [0.3, 0.4) is 0 Å². The van der Waals surface area contributed by atoms with Gasteiger partial charge in [0.1, 0.15) is 0 Å². The lowest BCUT2D eigenvalue weighted by molar-refractivity contribution is 0.0103. The number of thiophene rings is 1. The molecule has 0 aromatic carbocycles. The average Bonchev–Trinajstić information content (AvgIpc) is 2.74. The van der Waals surface area contributed by atoms with Gasteiger partial charge in [0.05, 0.1) is 12.7 Å². The monoisotopic (exact) mass is 318 g/mol. The maximum atomic E-state index is 5.70. The maximum Gasteiger partial charge on any atom is 0.0826 e. The minimum Gasteiger partial charge on any atom is -0.374 e. The number of ether oxygens (including phenoxy) is 1. The lowest BCUT2D eigenvalue weighted by Gasteiger charge is -2.27. The van der Waals surface area contributed by atoms with Crippen molar-refractivity contribution in [2.24, 2.45) is 0 Å². The van der Waals surface area contributed by atoms with Gasteiger partial charge < -0.3 is 15.0 Å². The summed E-state index contributed by atoms with van der Waals surface area (Å²) < 4.78 is 6.89. The van der Waals surface area contributed by atoms with Gasteiger partial charge >= 0.3 is 0 Å². The van der Waals surface area contributed by atoms with Crippen molar-refractivity contribution in [1.29, 1.82) is 0 Å². The Morgan fingerprint density at radius 3 is 3.18 bits per heavy atom. The molecule has 1 aliphatic rings. The van der Waals surface area contributed by atoms with E-state index in [1.54, 1.807) is 0 Å². The molecular formula is C12H19BrN2OS. The van der Waals surface area contributed by atoms with E-state index in [9.17, 15) is 0 Å². The number of halogens is 1. The van der Waals surface area contributed by atoms with Crippen LogP contribution in [0.4, 0.5) is 0 Å². The normalized spacial score (nSPS) is 21.0. The topological polar surface area (TPSA) is 24.5 Å². The predicted octanol–water partition coefficient (Wildman–Crippen LogP) is 1.97. The first-order valence-electron chi connectivity index (χ1n) is 5.98. The van der Waals surface area contributed by atoms with Gasteiger partial charge in [-0.1, -0.05) is 0 Å². The predicted molar refractivity (Wildman–Crippen MR) is 75.8 cm³/mol. The molecule has 0 aliphatic carbocycles. The summed E-state index contributed by atoms with van der Waals surface area (Å²) in [6, 6.07) is 2.21. The van der Waals surface area contributed by atoms with Gasteiger partial charge in [-0.2, -0.15) is 0 Å². The molecule has 0 spiro atoms. The zero-order chi connectivity index (χ0) is 12.1. The summed E-state index contributed by atoms with van der Waals surface area (Å²) in [5.74, 6) is 0. The molecule has 1 fully saturated rings. The number of nitrogens with zero attached hydrogens (tertiary/aromatic N) is 1. The zero-order valence-electron chi connectivity index (χ0n) is 10.1. The van der Waals surface area contributed by atoms with Gasteiger partial charge in [0.15, 0.2) is 0 Å². The molecule has 5 heteroatoms. The molecule has 3 nitrogen and oxygen atoms in total. The molecule has 1 N–H and O–H groups in total. The van der Waals surface area contributed by atoms with Gasteiger partial charge in [-0.3, -0.25) is 0 Å². The van der Waals surface area contributed by atoms with E-state index < -0.39 is 0 Å². The molecule has 0 saturated carbocycles. The standard InChI is InChI=1S/C12H19BrN2OS/c1-15(8-11-7-14-3-5-16-11)4-2-12-6-10(13)9-17-12/h6,9,11,14H,2-5,7-8H2,1H3. The van der Waals surface area contributed by atoms with Crippen LogP contribution in [0.25, 0.3) is 0 Å². The molecule has 0 radical (unpaired) electrons. The minimum absolute atomic E-state index is 0.351. The van der Waals surface area contributed by atoms with Crippen molar-refractivity contribution < 1.29 is 4.74 Å². The van der Waals surface area contributed by atoms with Gasteiger partial charge in [0.25, 0.3) is 0 Å². The van der Waals surface area contributed by atoms with E-state index in [0.29, 0.717) is 6.10 Å². The first kappa shape index (κ1) is 13.5. The molecule has 1 atom stereocenters. The first-order valence-corrected chi connectivity index (χ1v) is 7.65. The fraction of sp³-hybridized carbons (Fsp3) is 0.667. The lowest BCUT2D eigenvalue weighted by atomic mass is 10.2. The molecule has 1 unspecified atom stereocenters. The van der Waals surface area contributed by atoms with E-state index >= 15 is 0 Å². The molecule has 0 amide bonds. The Morgan fingerprint density at radius 2 is 2.53 bits per heavy atom. The Balaban J connectivity index is 1.68. The van der Waals surface area contributed by atoms with Crippen LogP contribution in [0.1, 0.15) is 4.88 Å². The second-order valence-electron chi connectivity index (χ2n) is 4.44. The van der Waals surface area contributed by atoms with Crippen molar-refractivity contribution in [2.75, 3.05) is 39.8 Å². The molecule has 17 heavy (non-hydrogen) atoms. The van der Waals surface area contributed by atoms with Crippen molar-refractivity contribution in [1.82, 2.24) is 10.2 Å². The average molecular weight is 319 g/mol. The number of morpholine rings is 1. The van der Waals surface area contributed by atoms with Crippen LogP contribution in [-0.2, 0) is 11.2 Å². The molecule has 1 aliphatic heterocycles. The lowest BCUT2D eigenvalue weighted by Crippen LogP contribution is -2.44. The smallest absolute Gasteiger partial charge is 0.0826 e. The maximum absolute atomic E-state index is 5.70. The highest BCUT2D eigenvalue weighted by Gasteiger charge is 2.15. The second-order valence-corrected chi connectivity index (χ2v) is 6.35. The summed E-state index contributed by atoms with van der Waals surface area (Å²) in [5.41, 5.74) is 0. The summed E-state index contributed by atoms with van der Waals surface area (Å²) in [6.45, 7) is 4.92. The fourth-order valence-electron chi connectivity index (χ4n) is 1.96. The molecule has 1 aromatic heterocycles. The molecule has 0 bridgehead atoms. The largest absolute Gasteiger partial charge is 0.374 e. The van der Waals surface area contributed by atoms with Crippen LogP contribution >= 0.6 is 27.3 Å². The highest BCUT2D eigenvalue weighted by molar-refractivity contribution is 9.10. The van der Waals surface area contributed by atoms with Gasteiger partial charge in [0.2, 0.25) is 0 Å². The Bertz CT molecular complexity index is 339. The molecular weight excluding hydrogens is 300 g/mol. The van der Waals surface area contributed by atoms with Gasteiger partial charge in [0, 0.05) is 40.9 Å². The number of hydrogen-bond donors (Lipinski definition) is 1. The van der Waals surface area contributed by atoms with E-state index in [1.807, 2.05) is 11.3 Å². The highest BCUT2D eigenvalue weighted by atomic mass is 79.9. The summed E-state index contributed by atoms with van der Waals surface area (Å²) in [5, 5.41) is 5.50. The molecule has 1 aromatic rings. The zero-order valence-corrected chi connectivity index (χ0v) is 12.5. The third-order valence-corrected chi connectivity index (χ3v) is 4.64. The van der Waals surface area contributed by atoms with Gasteiger partial charge in [-0.05, 0) is 35.5 Å². The summed E-state index contributed by atoms with van der Waals surface area (Å²) in [7, 11) is 2.17. The summed E-state index contributed by atoms with van der Waals surface area (Å²) in [6.07, 6.45) is 1.47. The number of likely N-dealkylation sites (N-methyl/N-ethyl adjacent to an activating group) is 1. The number of rotatable bonds is 5. The van der Waals surface area contributed by atoms with E-state index in [-0.39, 0.29) is 0 Å². The molecule has 2 rings (SSSR count). The Morgan fingerprint density at radius 1 is 1.65 bits per heavy atom.